The summed E-state index contributed by atoms with van der Waals surface area (Å²) < 4.78 is 26.4. The molecule has 2 N–H and O–H groups in total. The highest BCUT2D eigenvalue weighted by Crippen LogP contribution is 2.62. The van der Waals surface area contributed by atoms with Crippen molar-refractivity contribution in [3.8, 4) is 0 Å². The van der Waals surface area contributed by atoms with Gasteiger partial charge in [0, 0.05) is 32.7 Å². The van der Waals surface area contributed by atoms with Crippen molar-refractivity contribution in [2.24, 2.45) is 16.7 Å². The molecule has 0 aromatic heterocycles. The quantitative estimate of drug-likeness (QED) is 0.806. The van der Waals surface area contributed by atoms with Gasteiger partial charge in [0.25, 0.3) is 5.91 Å². The number of hydrogen-bond donors (Lipinski definition) is 2. The Morgan fingerprint density at radius 1 is 1.22 bits per heavy atom. The Labute approximate surface area is 162 Å². The molecule has 150 valence electrons. The van der Waals surface area contributed by atoms with Gasteiger partial charge in [0.1, 0.15) is 4.90 Å². The number of carbonyl (C=O) groups excluding carboxylic acids is 1. The average Bonchev–Trinajstić information content (AvgIpc) is 3.08. The fourth-order valence-electron chi connectivity index (χ4n) is 5.16. The monoisotopic (exact) mass is 393 g/mol. The first-order valence-electron chi connectivity index (χ1n) is 9.48. The Morgan fingerprint density at radius 2 is 1.89 bits per heavy atom. The third-order valence-corrected chi connectivity index (χ3v) is 8.67. The van der Waals surface area contributed by atoms with Gasteiger partial charge in [-0.3, -0.25) is 4.79 Å². The van der Waals surface area contributed by atoms with Crippen LogP contribution >= 0.6 is 0 Å². The van der Waals surface area contributed by atoms with E-state index in [0.717, 1.165) is 17.1 Å². The molecule has 2 aliphatic rings. The fraction of sp³-hybridized carbons (Fsp3) is 0.650. The van der Waals surface area contributed by atoms with Gasteiger partial charge in [0.05, 0.1) is 5.69 Å². The highest BCUT2D eigenvalue weighted by Gasteiger charge is 2.59. The van der Waals surface area contributed by atoms with Gasteiger partial charge >= 0.3 is 0 Å². The molecule has 0 heterocycles. The van der Waals surface area contributed by atoms with Crippen LogP contribution in [0.25, 0.3) is 0 Å². The maximum absolute atomic E-state index is 13.0. The van der Waals surface area contributed by atoms with Crippen LogP contribution in [0.3, 0.4) is 0 Å². The predicted octanol–water partition coefficient (Wildman–Crippen LogP) is 2.92. The molecule has 2 aliphatic carbocycles. The van der Waals surface area contributed by atoms with Gasteiger partial charge in [-0.25, -0.2) is 12.7 Å². The zero-order valence-corrected chi connectivity index (χ0v) is 17.9. The molecule has 0 radical (unpaired) electrons. The summed E-state index contributed by atoms with van der Waals surface area (Å²) in [6.07, 6.45) is 3.49. The summed E-state index contributed by atoms with van der Waals surface area (Å²) in [6.45, 7) is 6.73. The lowest BCUT2D eigenvalue weighted by Gasteiger charge is -2.43. The van der Waals surface area contributed by atoms with Crippen LogP contribution in [-0.4, -0.2) is 45.8 Å². The molecule has 0 saturated heterocycles. The highest BCUT2D eigenvalue weighted by atomic mass is 32.2. The summed E-state index contributed by atoms with van der Waals surface area (Å²) >= 11 is 0. The van der Waals surface area contributed by atoms with E-state index in [4.69, 9.17) is 0 Å². The molecule has 2 bridgehead atoms. The number of carbonyl (C=O) groups is 1. The molecule has 3 atom stereocenters. The summed E-state index contributed by atoms with van der Waals surface area (Å²) in [7, 11) is 0.986. The number of nitrogens with one attached hydrogen (secondary N) is 2. The lowest BCUT2D eigenvalue weighted by atomic mass is 9.68. The van der Waals surface area contributed by atoms with Crippen LogP contribution in [0.2, 0.25) is 0 Å². The minimum Gasteiger partial charge on any atom is -0.387 e. The smallest absolute Gasteiger partial charge is 0.251 e. The summed E-state index contributed by atoms with van der Waals surface area (Å²) in [5.41, 5.74) is 1.02. The van der Waals surface area contributed by atoms with E-state index in [0.29, 0.717) is 17.2 Å². The van der Waals surface area contributed by atoms with Crippen LogP contribution in [0.15, 0.2) is 23.1 Å². The van der Waals surface area contributed by atoms with Crippen molar-refractivity contribution in [1.82, 2.24) is 9.62 Å². The molecule has 2 saturated carbocycles. The number of amides is 1. The van der Waals surface area contributed by atoms with Crippen LogP contribution in [0.1, 0.15) is 50.4 Å². The van der Waals surface area contributed by atoms with E-state index in [1.807, 2.05) is 0 Å². The summed E-state index contributed by atoms with van der Waals surface area (Å²) in [5.74, 6) is 0.420. The van der Waals surface area contributed by atoms with Gasteiger partial charge in [-0.15, -0.1) is 0 Å². The molecule has 1 aromatic rings. The molecule has 0 unspecified atom stereocenters. The first kappa shape index (κ1) is 20.1. The summed E-state index contributed by atoms with van der Waals surface area (Å²) in [4.78, 5) is 13.1. The van der Waals surface area contributed by atoms with Crippen LogP contribution in [0.5, 0.6) is 0 Å². The van der Waals surface area contributed by atoms with Gasteiger partial charge in [0.2, 0.25) is 10.0 Å². The maximum atomic E-state index is 13.0. The van der Waals surface area contributed by atoms with Gasteiger partial charge in [-0.1, -0.05) is 20.8 Å². The number of anilines is 1. The Hall–Kier alpha value is -1.60. The van der Waals surface area contributed by atoms with Crippen molar-refractivity contribution in [2.45, 2.75) is 51.0 Å². The maximum Gasteiger partial charge on any atom is 0.251 e. The van der Waals surface area contributed by atoms with Gasteiger partial charge in [0.15, 0.2) is 0 Å². The lowest BCUT2D eigenvalue weighted by Crippen LogP contribution is -2.52. The van der Waals surface area contributed by atoms with Crippen molar-refractivity contribution in [3.63, 3.8) is 0 Å². The molecule has 0 aliphatic heterocycles. The second-order valence-corrected chi connectivity index (χ2v) is 11.2. The van der Waals surface area contributed by atoms with Crippen LogP contribution < -0.4 is 10.6 Å². The first-order chi connectivity index (χ1) is 12.4. The SMILES string of the molecule is CNc1ccc(C(=O)N[C@@H]2C(C)(C)[C@@H]3CC[C@@]2(C)C3)cc1S(=O)(=O)N(C)C. The topological polar surface area (TPSA) is 78.5 Å². The molecule has 0 spiro atoms. The van der Waals surface area contributed by atoms with Gasteiger partial charge in [-0.2, -0.15) is 0 Å². The van der Waals surface area contributed by atoms with Gasteiger partial charge in [-0.05, 0) is 54.2 Å². The van der Waals surface area contributed by atoms with E-state index >= 15 is 0 Å². The first-order valence-corrected chi connectivity index (χ1v) is 10.9. The average molecular weight is 394 g/mol. The highest BCUT2D eigenvalue weighted by molar-refractivity contribution is 7.89. The second kappa shape index (κ2) is 6.48. The Kier molecular flexibility index (Phi) is 4.84. The normalized spacial score (nSPS) is 29.1. The van der Waals surface area contributed by atoms with E-state index in [9.17, 15) is 13.2 Å². The summed E-state index contributed by atoms with van der Waals surface area (Å²) in [6, 6.07) is 4.89. The molecule has 2 fully saturated rings. The van der Waals surface area contributed by atoms with Crippen molar-refractivity contribution in [2.75, 3.05) is 26.5 Å². The number of hydrogen-bond acceptors (Lipinski definition) is 4. The molecular formula is C20H31N3O3S. The number of nitrogens with zero attached hydrogens (tertiary/aromatic N) is 1. The fourth-order valence-corrected chi connectivity index (χ4v) is 6.27. The Bertz CT molecular complexity index is 858. The number of benzene rings is 1. The largest absolute Gasteiger partial charge is 0.387 e. The minimum atomic E-state index is -3.66. The third-order valence-electron chi connectivity index (χ3n) is 6.82. The van der Waals surface area contributed by atoms with E-state index in [1.54, 1.807) is 19.2 Å². The molecule has 1 amide bonds. The number of fused-ring (bicyclic) bond motifs is 2. The van der Waals surface area contributed by atoms with E-state index in [1.165, 1.54) is 26.6 Å². The van der Waals surface area contributed by atoms with Crippen molar-refractivity contribution >= 4 is 21.6 Å². The number of sulfonamides is 1. The van der Waals surface area contributed by atoms with Crippen molar-refractivity contribution in [3.05, 3.63) is 23.8 Å². The Morgan fingerprint density at radius 3 is 2.41 bits per heavy atom. The zero-order chi connectivity index (χ0) is 20.2. The van der Waals surface area contributed by atoms with Crippen molar-refractivity contribution in [1.29, 1.82) is 0 Å². The van der Waals surface area contributed by atoms with Crippen LogP contribution in [0, 0.1) is 16.7 Å². The Balaban J connectivity index is 1.92. The standard InChI is InChI=1S/C20H31N3O3S/c1-19(2)14-9-10-20(3,12-14)18(19)22-17(24)13-7-8-15(21-4)16(11-13)27(25,26)23(5)6/h7-8,11,14,18,21H,9-10,12H2,1-6H3,(H,22,24)/t14-,18-,20+/m1/s1. The van der Waals surface area contributed by atoms with Crippen LogP contribution in [-0.2, 0) is 10.0 Å². The second-order valence-electron chi connectivity index (χ2n) is 9.07. The summed E-state index contributed by atoms with van der Waals surface area (Å²) in [5, 5.41) is 6.13. The van der Waals surface area contributed by atoms with E-state index in [-0.39, 0.29) is 27.7 Å². The zero-order valence-electron chi connectivity index (χ0n) is 17.1. The molecule has 1 aromatic carbocycles. The van der Waals surface area contributed by atoms with Crippen molar-refractivity contribution < 1.29 is 13.2 Å². The molecule has 6 nitrogen and oxygen atoms in total. The van der Waals surface area contributed by atoms with E-state index < -0.39 is 10.0 Å². The van der Waals surface area contributed by atoms with E-state index in [2.05, 4.69) is 31.4 Å². The van der Waals surface area contributed by atoms with Crippen LogP contribution in [0.4, 0.5) is 5.69 Å². The molecule has 3 rings (SSSR count). The third kappa shape index (κ3) is 3.14. The molecule has 27 heavy (non-hydrogen) atoms. The lowest BCUT2D eigenvalue weighted by molar-refractivity contribution is 0.0737. The molecule has 7 heteroatoms. The minimum absolute atomic E-state index is 0.0477. The molecular weight excluding hydrogens is 362 g/mol. The predicted molar refractivity (Wildman–Crippen MR) is 107 cm³/mol. The van der Waals surface area contributed by atoms with Gasteiger partial charge < -0.3 is 10.6 Å². The number of rotatable bonds is 5.